The van der Waals surface area contributed by atoms with Crippen molar-refractivity contribution in [2.45, 2.75) is 84.1 Å². The van der Waals surface area contributed by atoms with E-state index in [0.717, 1.165) is 11.0 Å². The van der Waals surface area contributed by atoms with Crippen LogP contribution in [0.5, 0.6) is 0 Å². The molecule has 2 heterocycles. The van der Waals surface area contributed by atoms with E-state index in [9.17, 15) is 0 Å². The number of rotatable bonds is 11. The van der Waals surface area contributed by atoms with Crippen LogP contribution >= 0.6 is 0 Å². The van der Waals surface area contributed by atoms with Crippen molar-refractivity contribution in [1.29, 1.82) is 0 Å². The highest BCUT2D eigenvalue weighted by atomic mass is 15.3. The molecule has 1 atom stereocenters. The van der Waals surface area contributed by atoms with Gasteiger partial charge in [0.15, 0.2) is 5.65 Å². The molecule has 2 aromatic rings. The summed E-state index contributed by atoms with van der Waals surface area (Å²) in [5, 5.41) is 5.80. The maximum absolute atomic E-state index is 4.64. The largest absolute Gasteiger partial charge is 0.244 e. The zero-order valence-corrected chi connectivity index (χ0v) is 14.3. The van der Waals surface area contributed by atoms with Crippen molar-refractivity contribution in [3.05, 3.63) is 24.5 Å². The average Bonchev–Trinajstić information content (AvgIpc) is 2.97. The molecule has 22 heavy (non-hydrogen) atoms. The monoisotopic (exact) mass is 301 g/mol. The molecule has 0 aliphatic carbocycles. The number of hydrogen-bond acceptors (Lipinski definition) is 2. The van der Waals surface area contributed by atoms with Gasteiger partial charge >= 0.3 is 0 Å². The first-order valence-electron chi connectivity index (χ1n) is 9.15. The molecule has 122 valence electrons. The quantitative estimate of drug-likeness (QED) is 0.483. The highest BCUT2D eigenvalue weighted by molar-refractivity contribution is 5.74. The summed E-state index contributed by atoms with van der Waals surface area (Å²) >= 11 is 0. The van der Waals surface area contributed by atoms with Crippen LogP contribution in [-0.2, 0) is 0 Å². The van der Waals surface area contributed by atoms with Crippen LogP contribution in [0.25, 0.3) is 11.0 Å². The maximum atomic E-state index is 4.64. The minimum Gasteiger partial charge on any atom is -0.244 e. The third kappa shape index (κ3) is 4.82. The molecule has 3 nitrogen and oxygen atoms in total. The molecule has 0 aromatic carbocycles. The van der Waals surface area contributed by atoms with E-state index >= 15 is 0 Å². The van der Waals surface area contributed by atoms with E-state index in [1.807, 2.05) is 18.5 Å². The summed E-state index contributed by atoms with van der Waals surface area (Å²) in [6.45, 7) is 4.54. The molecule has 0 spiro atoms. The van der Waals surface area contributed by atoms with Gasteiger partial charge in [0.2, 0.25) is 0 Å². The van der Waals surface area contributed by atoms with Gasteiger partial charge in [-0.05, 0) is 25.0 Å². The number of unbranched alkanes of at least 4 members (excludes halogenated alkanes) is 6. The third-order valence-corrected chi connectivity index (χ3v) is 4.48. The highest BCUT2D eigenvalue weighted by Gasteiger charge is 2.15. The van der Waals surface area contributed by atoms with E-state index in [0.29, 0.717) is 6.04 Å². The molecular weight excluding hydrogens is 270 g/mol. The van der Waals surface area contributed by atoms with Crippen LogP contribution in [0.1, 0.15) is 84.1 Å². The molecule has 2 aromatic heterocycles. The Hall–Kier alpha value is -1.38. The summed E-state index contributed by atoms with van der Waals surface area (Å²) in [5.41, 5.74) is 1.05. The summed E-state index contributed by atoms with van der Waals surface area (Å²) in [7, 11) is 0. The van der Waals surface area contributed by atoms with Gasteiger partial charge in [0.1, 0.15) is 0 Å². The van der Waals surface area contributed by atoms with Crippen LogP contribution in [-0.4, -0.2) is 14.8 Å². The third-order valence-electron chi connectivity index (χ3n) is 4.48. The Morgan fingerprint density at radius 1 is 0.955 bits per heavy atom. The van der Waals surface area contributed by atoms with Crippen molar-refractivity contribution >= 4 is 11.0 Å². The molecule has 0 saturated carbocycles. The smallest absolute Gasteiger partial charge is 0.157 e. The van der Waals surface area contributed by atoms with Gasteiger partial charge in [0.05, 0.1) is 12.2 Å². The van der Waals surface area contributed by atoms with Crippen molar-refractivity contribution in [1.82, 2.24) is 14.8 Å². The predicted molar refractivity (Wildman–Crippen MR) is 94.1 cm³/mol. The van der Waals surface area contributed by atoms with E-state index in [-0.39, 0.29) is 0 Å². The van der Waals surface area contributed by atoms with Crippen LogP contribution in [0.2, 0.25) is 0 Å². The topological polar surface area (TPSA) is 30.7 Å². The lowest BCUT2D eigenvalue weighted by Crippen LogP contribution is -2.11. The van der Waals surface area contributed by atoms with Crippen LogP contribution in [0, 0.1) is 0 Å². The van der Waals surface area contributed by atoms with Gasteiger partial charge < -0.3 is 0 Å². The number of aromatic nitrogens is 3. The van der Waals surface area contributed by atoms with Crippen molar-refractivity contribution in [2.24, 2.45) is 0 Å². The van der Waals surface area contributed by atoms with Gasteiger partial charge in [0, 0.05) is 11.6 Å². The molecular formula is C19H31N3. The minimum atomic E-state index is 0.514. The molecule has 2 rings (SSSR count). The van der Waals surface area contributed by atoms with Gasteiger partial charge in [-0.25, -0.2) is 9.67 Å². The molecule has 0 saturated heterocycles. The molecule has 0 fully saturated rings. The van der Waals surface area contributed by atoms with Gasteiger partial charge in [-0.15, -0.1) is 0 Å². The van der Waals surface area contributed by atoms with Gasteiger partial charge in [0.25, 0.3) is 0 Å². The van der Waals surface area contributed by atoms with Crippen molar-refractivity contribution in [2.75, 3.05) is 0 Å². The van der Waals surface area contributed by atoms with E-state index < -0.39 is 0 Å². The van der Waals surface area contributed by atoms with Crippen molar-refractivity contribution < 1.29 is 0 Å². The first-order valence-corrected chi connectivity index (χ1v) is 9.15. The Bertz CT molecular complexity index is 532. The average molecular weight is 301 g/mol. The molecule has 0 N–H and O–H groups in total. The van der Waals surface area contributed by atoms with Gasteiger partial charge in [-0.3, -0.25) is 0 Å². The van der Waals surface area contributed by atoms with E-state index in [1.165, 1.54) is 64.2 Å². The zero-order chi connectivity index (χ0) is 15.6. The highest BCUT2D eigenvalue weighted by Crippen LogP contribution is 2.25. The Morgan fingerprint density at radius 3 is 2.41 bits per heavy atom. The van der Waals surface area contributed by atoms with E-state index in [1.54, 1.807) is 0 Å². The molecule has 0 amide bonds. The Labute approximate surface area is 135 Å². The van der Waals surface area contributed by atoms with Crippen molar-refractivity contribution in [3.63, 3.8) is 0 Å². The lowest BCUT2D eigenvalue weighted by Gasteiger charge is -2.18. The normalized spacial score (nSPS) is 12.8. The number of hydrogen-bond donors (Lipinski definition) is 0. The second-order valence-corrected chi connectivity index (χ2v) is 6.36. The standard InChI is InChI=1S/C19H31N3/c1-3-5-7-8-10-14-18(13-9-6-4-2)22-19-17(16-21-22)12-11-15-20-19/h11-12,15-16,18H,3-10,13-14H2,1-2H3. The van der Waals surface area contributed by atoms with Crippen LogP contribution in [0.3, 0.4) is 0 Å². The Balaban J connectivity index is 1.99. The molecule has 1 unspecified atom stereocenters. The second kappa shape index (κ2) is 9.60. The summed E-state index contributed by atoms with van der Waals surface area (Å²) < 4.78 is 2.19. The minimum absolute atomic E-state index is 0.514. The summed E-state index contributed by atoms with van der Waals surface area (Å²) in [6, 6.07) is 4.61. The second-order valence-electron chi connectivity index (χ2n) is 6.36. The zero-order valence-electron chi connectivity index (χ0n) is 14.3. The van der Waals surface area contributed by atoms with Gasteiger partial charge in [-0.2, -0.15) is 5.10 Å². The lowest BCUT2D eigenvalue weighted by atomic mass is 10.0. The fraction of sp³-hybridized carbons (Fsp3) is 0.684. The fourth-order valence-electron chi connectivity index (χ4n) is 3.15. The van der Waals surface area contributed by atoms with Gasteiger partial charge in [-0.1, -0.05) is 65.2 Å². The summed E-state index contributed by atoms with van der Waals surface area (Å²) in [5.74, 6) is 0. The van der Waals surface area contributed by atoms with Crippen LogP contribution in [0.15, 0.2) is 24.5 Å². The molecule has 3 heteroatoms. The number of pyridine rings is 1. The molecule has 0 radical (unpaired) electrons. The summed E-state index contributed by atoms with van der Waals surface area (Å²) in [4.78, 5) is 4.55. The fourth-order valence-corrected chi connectivity index (χ4v) is 3.15. The van der Waals surface area contributed by atoms with Crippen molar-refractivity contribution in [3.8, 4) is 0 Å². The first-order chi connectivity index (χ1) is 10.9. The number of fused-ring (bicyclic) bond motifs is 1. The predicted octanol–water partition coefficient (Wildman–Crippen LogP) is 5.91. The maximum Gasteiger partial charge on any atom is 0.157 e. The molecule has 0 aliphatic rings. The Morgan fingerprint density at radius 2 is 1.64 bits per heavy atom. The molecule has 0 aliphatic heterocycles. The van der Waals surface area contributed by atoms with E-state index in [4.69, 9.17) is 0 Å². The SMILES string of the molecule is CCCCCCCC(CCCCC)n1ncc2cccnc21. The molecule has 0 bridgehead atoms. The van der Waals surface area contributed by atoms with E-state index in [2.05, 4.69) is 34.7 Å². The first kappa shape index (κ1) is 17.0. The lowest BCUT2D eigenvalue weighted by molar-refractivity contribution is 0.376. The Kier molecular flexibility index (Phi) is 7.41. The summed E-state index contributed by atoms with van der Waals surface area (Å²) in [6.07, 6.45) is 16.9. The van der Waals surface area contributed by atoms with Crippen LogP contribution in [0.4, 0.5) is 0 Å². The number of nitrogens with zero attached hydrogens (tertiary/aromatic N) is 3. The van der Waals surface area contributed by atoms with Crippen LogP contribution < -0.4 is 0 Å².